The molecule has 20 heavy (non-hydrogen) atoms. The zero-order valence-electron chi connectivity index (χ0n) is 12.4. The lowest BCUT2D eigenvalue weighted by Crippen LogP contribution is -2.52. The number of likely N-dealkylation sites (tertiary alicyclic amines) is 1. The quantitative estimate of drug-likeness (QED) is 0.900. The van der Waals surface area contributed by atoms with E-state index in [2.05, 4.69) is 24.0 Å². The Labute approximate surface area is 122 Å². The fraction of sp³-hybridized carbons (Fsp3) is 0.647. The lowest BCUT2D eigenvalue weighted by atomic mass is 9.94. The second kappa shape index (κ2) is 6.15. The summed E-state index contributed by atoms with van der Waals surface area (Å²) in [6, 6.07) is 9.30. The first kappa shape index (κ1) is 13.9. The minimum Gasteiger partial charge on any atom is -0.492 e. The zero-order valence-corrected chi connectivity index (χ0v) is 12.4. The minimum atomic E-state index is 0.0760. The Morgan fingerprint density at radius 2 is 2.10 bits per heavy atom. The molecule has 0 bridgehead atoms. The summed E-state index contributed by atoms with van der Waals surface area (Å²) in [4.78, 5) is 2.63. The molecule has 0 spiro atoms. The molecule has 0 aromatic heterocycles. The summed E-state index contributed by atoms with van der Waals surface area (Å²) in [7, 11) is 0. The van der Waals surface area contributed by atoms with Crippen LogP contribution in [0.4, 0.5) is 0 Å². The summed E-state index contributed by atoms with van der Waals surface area (Å²) in [6.45, 7) is 4.20. The van der Waals surface area contributed by atoms with E-state index in [0.29, 0.717) is 12.1 Å². The first-order valence-electron chi connectivity index (χ1n) is 8.04. The molecule has 2 heterocycles. The van der Waals surface area contributed by atoms with Crippen LogP contribution in [-0.4, -0.2) is 30.1 Å². The van der Waals surface area contributed by atoms with Gasteiger partial charge in [-0.25, -0.2) is 0 Å². The number of ether oxygens (including phenoxy) is 1. The average Bonchev–Trinajstić information content (AvgIpc) is 2.73. The molecule has 2 aliphatic heterocycles. The van der Waals surface area contributed by atoms with E-state index in [1.807, 2.05) is 12.1 Å². The van der Waals surface area contributed by atoms with Gasteiger partial charge in [0.2, 0.25) is 0 Å². The lowest BCUT2D eigenvalue weighted by Gasteiger charge is -2.42. The van der Waals surface area contributed by atoms with Crippen molar-refractivity contribution in [3.8, 4) is 5.75 Å². The van der Waals surface area contributed by atoms with Crippen LogP contribution in [-0.2, 0) is 0 Å². The highest BCUT2D eigenvalue weighted by Gasteiger charge is 2.35. The normalized spacial score (nSPS) is 31.2. The van der Waals surface area contributed by atoms with Crippen LogP contribution in [0.25, 0.3) is 0 Å². The Hall–Kier alpha value is -1.06. The van der Waals surface area contributed by atoms with Gasteiger partial charge in [0.25, 0.3) is 0 Å². The van der Waals surface area contributed by atoms with Crippen molar-refractivity contribution in [2.75, 3.05) is 13.2 Å². The van der Waals surface area contributed by atoms with Crippen LogP contribution in [0.1, 0.15) is 50.6 Å². The molecule has 2 aliphatic rings. The summed E-state index contributed by atoms with van der Waals surface area (Å²) < 4.78 is 5.97. The van der Waals surface area contributed by atoms with Gasteiger partial charge < -0.3 is 10.5 Å². The molecule has 0 saturated carbocycles. The number of rotatable bonds is 2. The first-order chi connectivity index (χ1) is 9.81. The van der Waals surface area contributed by atoms with E-state index < -0.39 is 0 Å². The minimum absolute atomic E-state index is 0.0760. The van der Waals surface area contributed by atoms with Crippen LogP contribution in [0.5, 0.6) is 5.75 Å². The fourth-order valence-corrected chi connectivity index (χ4v) is 3.75. The molecule has 0 radical (unpaired) electrons. The van der Waals surface area contributed by atoms with Crippen molar-refractivity contribution in [2.45, 2.75) is 57.2 Å². The monoisotopic (exact) mass is 274 g/mol. The maximum Gasteiger partial charge on any atom is 0.124 e. The second-order valence-electron chi connectivity index (χ2n) is 6.09. The molecule has 1 saturated heterocycles. The molecular formula is C17H26N2O. The summed E-state index contributed by atoms with van der Waals surface area (Å²) in [5.74, 6) is 0.971. The van der Waals surface area contributed by atoms with Gasteiger partial charge >= 0.3 is 0 Å². The second-order valence-corrected chi connectivity index (χ2v) is 6.09. The Balaban J connectivity index is 1.83. The number of benzene rings is 1. The Morgan fingerprint density at radius 3 is 2.95 bits per heavy atom. The third kappa shape index (κ3) is 2.57. The summed E-state index contributed by atoms with van der Waals surface area (Å²) >= 11 is 0. The van der Waals surface area contributed by atoms with Crippen LogP contribution in [0.3, 0.4) is 0 Å². The largest absolute Gasteiger partial charge is 0.492 e. The fourth-order valence-electron chi connectivity index (χ4n) is 3.75. The average molecular weight is 274 g/mol. The summed E-state index contributed by atoms with van der Waals surface area (Å²) in [5.41, 5.74) is 7.74. The van der Waals surface area contributed by atoms with Gasteiger partial charge in [-0.2, -0.15) is 0 Å². The molecule has 3 rings (SSSR count). The van der Waals surface area contributed by atoms with Crippen molar-refractivity contribution in [3.05, 3.63) is 29.8 Å². The summed E-state index contributed by atoms with van der Waals surface area (Å²) in [6.07, 6.45) is 6.52. The molecular weight excluding hydrogens is 248 g/mol. The number of para-hydroxylation sites is 1. The van der Waals surface area contributed by atoms with E-state index >= 15 is 0 Å². The third-order valence-corrected chi connectivity index (χ3v) is 4.92. The number of fused-ring (bicyclic) bond motifs is 1. The maximum atomic E-state index is 6.57. The van der Waals surface area contributed by atoms with Crippen LogP contribution in [0, 0.1) is 0 Å². The van der Waals surface area contributed by atoms with Crippen molar-refractivity contribution in [1.82, 2.24) is 4.90 Å². The van der Waals surface area contributed by atoms with Gasteiger partial charge in [-0.3, -0.25) is 4.90 Å². The van der Waals surface area contributed by atoms with Gasteiger partial charge in [-0.05, 0) is 31.9 Å². The van der Waals surface area contributed by atoms with Crippen LogP contribution in [0.2, 0.25) is 0 Å². The molecule has 3 heteroatoms. The Bertz CT molecular complexity index is 448. The molecule has 3 atom stereocenters. The molecule has 110 valence electrons. The van der Waals surface area contributed by atoms with E-state index in [-0.39, 0.29) is 6.04 Å². The Kier molecular flexibility index (Phi) is 4.27. The smallest absolute Gasteiger partial charge is 0.124 e. The maximum absolute atomic E-state index is 6.57. The van der Waals surface area contributed by atoms with E-state index in [9.17, 15) is 0 Å². The molecule has 1 fully saturated rings. The van der Waals surface area contributed by atoms with Crippen molar-refractivity contribution < 1.29 is 4.74 Å². The van der Waals surface area contributed by atoms with Crippen molar-refractivity contribution in [2.24, 2.45) is 5.73 Å². The highest BCUT2D eigenvalue weighted by Crippen LogP contribution is 2.35. The lowest BCUT2D eigenvalue weighted by molar-refractivity contribution is 0.0616. The molecule has 1 aromatic rings. The molecule has 1 aromatic carbocycles. The zero-order chi connectivity index (χ0) is 13.9. The Morgan fingerprint density at radius 1 is 1.25 bits per heavy atom. The van der Waals surface area contributed by atoms with Gasteiger partial charge in [0.1, 0.15) is 12.4 Å². The van der Waals surface area contributed by atoms with E-state index in [1.54, 1.807) is 0 Å². The molecule has 3 nitrogen and oxygen atoms in total. The predicted octanol–water partition coefficient (Wildman–Crippen LogP) is 3.10. The first-order valence-corrected chi connectivity index (χ1v) is 8.04. The highest BCUT2D eigenvalue weighted by molar-refractivity contribution is 5.38. The third-order valence-electron chi connectivity index (χ3n) is 4.92. The van der Waals surface area contributed by atoms with Crippen molar-refractivity contribution in [3.63, 3.8) is 0 Å². The van der Waals surface area contributed by atoms with Crippen LogP contribution >= 0.6 is 0 Å². The van der Waals surface area contributed by atoms with E-state index in [0.717, 1.165) is 12.4 Å². The van der Waals surface area contributed by atoms with E-state index in [4.69, 9.17) is 10.5 Å². The SMILES string of the molecule is CCC1CCCCCN1C1COc2ccccc2C1N. The highest BCUT2D eigenvalue weighted by atomic mass is 16.5. The number of hydrogen-bond acceptors (Lipinski definition) is 3. The van der Waals surface area contributed by atoms with Gasteiger partial charge in [-0.1, -0.05) is 38.0 Å². The van der Waals surface area contributed by atoms with E-state index in [1.165, 1.54) is 44.2 Å². The molecule has 3 unspecified atom stereocenters. The summed E-state index contributed by atoms with van der Waals surface area (Å²) in [5, 5.41) is 0. The van der Waals surface area contributed by atoms with Gasteiger partial charge in [0, 0.05) is 11.6 Å². The number of nitrogens with two attached hydrogens (primary N) is 1. The molecule has 0 amide bonds. The topological polar surface area (TPSA) is 38.5 Å². The number of hydrogen-bond donors (Lipinski definition) is 1. The number of nitrogens with zero attached hydrogens (tertiary/aromatic N) is 1. The van der Waals surface area contributed by atoms with Crippen molar-refractivity contribution in [1.29, 1.82) is 0 Å². The molecule has 0 aliphatic carbocycles. The van der Waals surface area contributed by atoms with Crippen LogP contribution < -0.4 is 10.5 Å². The van der Waals surface area contributed by atoms with Crippen molar-refractivity contribution >= 4 is 0 Å². The predicted molar refractivity (Wildman–Crippen MR) is 81.9 cm³/mol. The van der Waals surface area contributed by atoms with Gasteiger partial charge in [0.05, 0.1) is 12.1 Å². The van der Waals surface area contributed by atoms with Crippen LogP contribution in [0.15, 0.2) is 24.3 Å². The standard InChI is InChI=1S/C17H26N2O/c1-2-13-8-4-3-7-11-19(13)15-12-20-16-10-6-5-9-14(16)17(15)18/h5-6,9-10,13,15,17H,2-4,7-8,11-12,18H2,1H3. The van der Waals surface area contributed by atoms with Gasteiger partial charge in [-0.15, -0.1) is 0 Å². The van der Waals surface area contributed by atoms with Gasteiger partial charge in [0.15, 0.2) is 0 Å². The molecule has 2 N–H and O–H groups in total.